The number of hydrogen-bond donors (Lipinski definition) is 0. The van der Waals surface area contributed by atoms with E-state index >= 15 is 0 Å². The second kappa shape index (κ2) is 5.95. The zero-order valence-corrected chi connectivity index (χ0v) is 16.3. The van der Waals surface area contributed by atoms with Gasteiger partial charge >= 0.3 is 0 Å². The third kappa shape index (κ3) is 2.41. The molecular formula is C24H17FS2. The lowest BCUT2D eigenvalue weighted by Gasteiger charge is -2.27. The van der Waals surface area contributed by atoms with Gasteiger partial charge in [-0.25, -0.2) is 4.39 Å². The van der Waals surface area contributed by atoms with Crippen LogP contribution in [0.2, 0.25) is 0 Å². The molecule has 2 heterocycles. The van der Waals surface area contributed by atoms with Crippen LogP contribution in [-0.4, -0.2) is 5.50 Å². The SMILES string of the molecule is FC1Cc2ccc3c(c2S1)-c1ccc2cc(CCc4ccccc4)sc2c1-3. The Morgan fingerprint density at radius 3 is 2.59 bits per heavy atom. The first-order valence-corrected chi connectivity index (χ1v) is 11.0. The molecule has 0 saturated carbocycles. The lowest BCUT2D eigenvalue weighted by molar-refractivity contribution is 0.457. The van der Waals surface area contributed by atoms with Crippen molar-refractivity contribution in [3.8, 4) is 22.3 Å². The van der Waals surface area contributed by atoms with Gasteiger partial charge in [0.15, 0.2) is 5.50 Å². The summed E-state index contributed by atoms with van der Waals surface area (Å²) in [7, 11) is 0. The summed E-state index contributed by atoms with van der Waals surface area (Å²) in [6, 6.07) is 21.9. The molecule has 0 fully saturated rings. The molecule has 1 aromatic heterocycles. The van der Waals surface area contributed by atoms with Crippen LogP contribution in [0, 0.1) is 0 Å². The Morgan fingerprint density at radius 2 is 1.70 bits per heavy atom. The highest BCUT2D eigenvalue weighted by molar-refractivity contribution is 8.00. The van der Waals surface area contributed by atoms with E-state index in [9.17, 15) is 4.39 Å². The van der Waals surface area contributed by atoms with Crippen LogP contribution in [0.4, 0.5) is 4.39 Å². The summed E-state index contributed by atoms with van der Waals surface area (Å²) >= 11 is 3.32. The molecule has 0 radical (unpaired) electrons. The lowest BCUT2D eigenvalue weighted by Crippen LogP contribution is -2.01. The average molecular weight is 389 g/mol. The number of aryl methyl sites for hydroxylation is 2. The topological polar surface area (TPSA) is 0 Å². The van der Waals surface area contributed by atoms with Gasteiger partial charge in [0, 0.05) is 32.0 Å². The molecule has 0 spiro atoms. The summed E-state index contributed by atoms with van der Waals surface area (Å²) in [6.45, 7) is 0. The molecule has 27 heavy (non-hydrogen) atoms. The first-order chi connectivity index (χ1) is 13.3. The summed E-state index contributed by atoms with van der Waals surface area (Å²) in [5.74, 6) is 0. The van der Waals surface area contributed by atoms with Gasteiger partial charge in [0.05, 0.1) is 0 Å². The molecule has 2 aliphatic rings. The van der Waals surface area contributed by atoms with Crippen LogP contribution in [0.15, 0.2) is 65.6 Å². The maximum absolute atomic E-state index is 13.9. The average Bonchev–Trinajstić information content (AvgIpc) is 3.24. The minimum absolute atomic E-state index is 0.549. The molecule has 0 N–H and O–H groups in total. The van der Waals surface area contributed by atoms with E-state index in [0.29, 0.717) is 6.42 Å². The molecule has 1 aliphatic carbocycles. The van der Waals surface area contributed by atoms with Crippen molar-refractivity contribution in [1.29, 1.82) is 0 Å². The van der Waals surface area contributed by atoms with E-state index in [2.05, 4.69) is 60.7 Å². The van der Waals surface area contributed by atoms with E-state index < -0.39 is 5.50 Å². The zero-order chi connectivity index (χ0) is 18.0. The molecule has 1 aliphatic heterocycles. The van der Waals surface area contributed by atoms with Gasteiger partial charge in [-0.05, 0) is 46.5 Å². The Hall–Kier alpha value is -2.10. The summed E-state index contributed by atoms with van der Waals surface area (Å²) in [5.41, 5.74) is 7.07. The molecule has 3 aromatic carbocycles. The smallest absolute Gasteiger partial charge is 0.154 e. The fourth-order valence-electron chi connectivity index (χ4n) is 4.34. The van der Waals surface area contributed by atoms with Gasteiger partial charge in [-0.3, -0.25) is 0 Å². The Morgan fingerprint density at radius 1 is 0.889 bits per heavy atom. The number of alkyl halides is 1. The van der Waals surface area contributed by atoms with Gasteiger partial charge in [0.25, 0.3) is 0 Å². The van der Waals surface area contributed by atoms with E-state index in [4.69, 9.17) is 0 Å². The van der Waals surface area contributed by atoms with Crippen molar-refractivity contribution in [3.63, 3.8) is 0 Å². The highest BCUT2D eigenvalue weighted by Crippen LogP contribution is 2.58. The Labute approximate surface area is 166 Å². The van der Waals surface area contributed by atoms with Crippen molar-refractivity contribution in [2.45, 2.75) is 29.7 Å². The van der Waals surface area contributed by atoms with Crippen LogP contribution in [0.1, 0.15) is 16.0 Å². The van der Waals surface area contributed by atoms with Gasteiger partial charge in [-0.15, -0.1) is 11.3 Å². The maximum atomic E-state index is 13.9. The first-order valence-electron chi connectivity index (χ1n) is 9.34. The highest BCUT2D eigenvalue weighted by Gasteiger charge is 2.34. The predicted molar refractivity (Wildman–Crippen MR) is 115 cm³/mol. The van der Waals surface area contributed by atoms with E-state index in [1.807, 2.05) is 11.3 Å². The van der Waals surface area contributed by atoms with Crippen molar-refractivity contribution in [1.82, 2.24) is 0 Å². The van der Waals surface area contributed by atoms with Crippen molar-refractivity contribution in [2.75, 3.05) is 0 Å². The monoisotopic (exact) mass is 388 g/mol. The molecule has 6 rings (SSSR count). The van der Waals surface area contributed by atoms with Gasteiger partial charge in [0.2, 0.25) is 0 Å². The van der Waals surface area contributed by atoms with Gasteiger partial charge in [0.1, 0.15) is 0 Å². The Balaban J connectivity index is 1.38. The van der Waals surface area contributed by atoms with Crippen LogP contribution in [0.3, 0.4) is 0 Å². The summed E-state index contributed by atoms with van der Waals surface area (Å²) < 4.78 is 15.3. The quantitative estimate of drug-likeness (QED) is 0.313. The van der Waals surface area contributed by atoms with Gasteiger partial charge in [-0.2, -0.15) is 0 Å². The number of thiophene rings is 1. The molecule has 0 bridgehead atoms. The van der Waals surface area contributed by atoms with Crippen LogP contribution < -0.4 is 0 Å². The number of thioether (sulfide) groups is 1. The molecule has 3 heteroatoms. The van der Waals surface area contributed by atoms with E-state index in [0.717, 1.165) is 12.8 Å². The minimum Gasteiger partial charge on any atom is -0.235 e. The molecule has 1 unspecified atom stereocenters. The molecule has 4 aromatic rings. The van der Waals surface area contributed by atoms with Crippen LogP contribution in [0.5, 0.6) is 0 Å². The molecule has 0 nitrogen and oxygen atoms in total. The second-order valence-electron chi connectivity index (χ2n) is 7.31. The minimum atomic E-state index is -0.786. The molecule has 0 amide bonds. The second-order valence-corrected chi connectivity index (χ2v) is 9.61. The summed E-state index contributed by atoms with van der Waals surface area (Å²) in [4.78, 5) is 2.61. The van der Waals surface area contributed by atoms with Gasteiger partial charge in [-0.1, -0.05) is 66.4 Å². The van der Waals surface area contributed by atoms with Gasteiger partial charge < -0.3 is 0 Å². The fourth-order valence-corrected chi connectivity index (χ4v) is 6.72. The summed E-state index contributed by atoms with van der Waals surface area (Å²) in [6.07, 6.45) is 2.70. The largest absolute Gasteiger partial charge is 0.235 e. The third-order valence-corrected chi connectivity index (χ3v) is 8.00. The molecular weight excluding hydrogens is 371 g/mol. The van der Waals surface area contributed by atoms with E-state index in [1.165, 1.54) is 65.0 Å². The number of hydrogen-bond acceptors (Lipinski definition) is 2. The van der Waals surface area contributed by atoms with Crippen LogP contribution >= 0.6 is 23.1 Å². The summed E-state index contributed by atoms with van der Waals surface area (Å²) in [5, 5.41) is 1.34. The van der Waals surface area contributed by atoms with E-state index in [1.54, 1.807) is 0 Å². The fraction of sp³-hybridized carbons (Fsp3) is 0.167. The first kappa shape index (κ1) is 15.9. The Kier molecular flexibility index (Phi) is 3.51. The lowest BCUT2D eigenvalue weighted by atomic mass is 9.79. The van der Waals surface area contributed by atoms with Crippen LogP contribution in [0.25, 0.3) is 32.3 Å². The number of halogens is 1. The van der Waals surface area contributed by atoms with Crippen molar-refractivity contribution < 1.29 is 4.39 Å². The molecule has 0 saturated heterocycles. The molecule has 132 valence electrons. The maximum Gasteiger partial charge on any atom is 0.154 e. The number of fused-ring (bicyclic) bond motifs is 8. The Bertz CT molecular complexity index is 1190. The predicted octanol–water partition coefficient (Wildman–Crippen LogP) is 7.28. The normalized spacial score (nSPS) is 16.7. The standard InChI is InChI=1S/C24H17FS2/c25-20-13-16-8-11-19-21-18(22(19)24(16)27-20)10-7-15-12-17(26-23(15)21)9-6-14-4-2-1-3-5-14/h1-5,7-8,10-12,20H,6,9,13H2. The van der Waals surface area contributed by atoms with Crippen molar-refractivity contribution in [3.05, 3.63) is 76.7 Å². The number of benzene rings is 3. The van der Waals surface area contributed by atoms with E-state index in [-0.39, 0.29) is 0 Å². The van der Waals surface area contributed by atoms with Crippen molar-refractivity contribution in [2.24, 2.45) is 0 Å². The van der Waals surface area contributed by atoms with Crippen LogP contribution in [-0.2, 0) is 19.3 Å². The van der Waals surface area contributed by atoms with Crippen molar-refractivity contribution >= 4 is 33.2 Å². The highest BCUT2D eigenvalue weighted by atomic mass is 32.2. The zero-order valence-electron chi connectivity index (χ0n) is 14.7. The number of rotatable bonds is 3. The molecule has 1 atom stereocenters. The third-order valence-electron chi connectivity index (χ3n) is 5.64.